The SMILES string of the molecule is CC(C)(C)OC(=O)N1CC(F)(F)CC1C(=O)Nc1cc(Cl)c(F)cc1F. The molecular weight excluding hydrogens is 380 g/mol. The first-order valence-electron chi connectivity index (χ1n) is 7.62. The van der Waals surface area contributed by atoms with Gasteiger partial charge in [-0.05, 0) is 26.8 Å². The first-order valence-corrected chi connectivity index (χ1v) is 8.00. The minimum atomic E-state index is -3.31. The predicted octanol–water partition coefficient (Wildman–Crippen LogP) is 4.20. The number of likely N-dealkylation sites (tertiary alicyclic amines) is 1. The molecule has 1 N–H and O–H groups in total. The molecule has 1 aliphatic rings. The van der Waals surface area contributed by atoms with E-state index in [1.807, 2.05) is 0 Å². The van der Waals surface area contributed by atoms with Crippen LogP contribution in [0, 0.1) is 11.6 Å². The van der Waals surface area contributed by atoms with E-state index in [2.05, 4.69) is 5.32 Å². The third-order valence-corrected chi connectivity index (χ3v) is 3.76. The van der Waals surface area contributed by atoms with Gasteiger partial charge in [0.2, 0.25) is 5.91 Å². The maximum Gasteiger partial charge on any atom is 0.411 e. The van der Waals surface area contributed by atoms with Crippen LogP contribution in [0.5, 0.6) is 0 Å². The van der Waals surface area contributed by atoms with Gasteiger partial charge in [-0.1, -0.05) is 11.6 Å². The summed E-state index contributed by atoms with van der Waals surface area (Å²) in [5.74, 6) is -6.54. The van der Waals surface area contributed by atoms with Gasteiger partial charge in [-0.25, -0.2) is 22.4 Å². The Morgan fingerprint density at radius 3 is 2.46 bits per heavy atom. The van der Waals surface area contributed by atoms with Crippen LogP contribution in [0.1, 0.15) is 27.2 Å². The number of carbonyl (C=O) groups is 2. The number of rotatable bonds is 2. The molecule has 0 saturated carbocycles. The number of nitrogens with one attached hydrogen (secondary N) is 1. The lowest BCUT2D eigenvalue weighted by atomic mass is 10.1. The van der Waals surface area contributed by atoms with Crippen LogP contribution in [0.3, 0.4) is 0 Å². The van der Waals surface area contributed by atoms with Crippen molar-refractivity contribution >= 4 is 29.3 Å². The van der Waals surface area contributed by atoms with Crippen LogP contribution in [0.25, 0.3) is 0 Å². The Hall–Kier alpha value is -2.03. The molecule has 1 heterocycles. The Balaban J connectivity index is 2.22. The molecule has 1 atom stereocenters. The highest BCUT2D eigenvalue weighted by atomic mass is 35.5. The number of hydrogen-bond donors (Lipinski definition) is 1. The first-order chi connectivity index (χ1) is 11.8. The molecule has 1 aliphatic heterocycles. The molecule has 1 aromatic rings. The molecule has 0 radical (unpaired) electrons. The summed E-state index contributed by atoms with van der Waals surface area (Å²) in [7, 11) is 0. The highest BCUT2D eigenvalue weighted by Crippen LogP contribution is 2.34. The first kappa shape index (κ1) is 20.3. The molecule has 5 nitrogen and oxygen atoms in total. The van der Waals surface area contributed by atoms with Crippen LogP contribution < -0.4 is 5.32 Å². The molecule has 1 unspecified atom stereocenters. The molecule has 144 valence electrons. The lowest BCUT2D eigenvalue weighted by Gasteiger charge is -2.27. The van der Waals surface area contributed by atoms with Gasteiger partial charge >= 0.3 is 6.09 Å². The Morgan fingerprint density at radius 2 is 1.88 bits per heavy atom. The second-order valence-electron chi connectivity index (χ2n) is 6.92. The average molecular weight is 397 g/mol. The molecule has 0 bridgehead atoms. The molecule has 2 rings (SSSR count). The van der Waals surface area contributed by atoms with Gasteiger partial charge in [0.05, 0.1) is 17.3 Å². The van der Waals surface area contributed by atoms with Crippen LogP contribution in [0.4, 0.5) is 28.0 Å². The van der Waals surface area contributed by atoms with Crippen LogP contribution in [0.15, 0.2) is 12.1 Å². The summed E-state index contributed by atoms with van der Waals surface area (Å²) >= 11 is 5.53. The number of amides is 2. The minimum Gasteiger partial charge on any atom is -0.444 e. The van der Waals surface area contributed by atoms with Crippen molar-refractivity contribution < 1.29 is 31.9 Å². The van der Waals surface area contributed by atoms with E-state index >= 15 is 0 Å². The summed E-state index contributed by atoms with van der Waals surface area (Å²) in [5.41, 5.74) is -1.44. The zero-order valence-electron chi connectivity index (χ0n) is 14.2. The second-order valence-corrected chi connectivity index (χ2v) is 7.33. The summed E-state index contributed by atoms with van der Waals surface area (Å²) < 4.78 is 59.5. The van der Waals surface area contributed by atoms with Gasteiger partial charge in [0.15, 0.2) is 0 Å². The molecule has 26 heavy (non-hydrogen) atoms. The van der Waals surface area contributed by atoms with E-state index in [4.69, 9.17) is 16.3 Å². The monoisotopic (exact) mass is 396 g/mol. The molecule has 0 spiro atoms. The van der Waals surface area contributed by atoms with E-state index in [-0.39, 0.29) is 0 Å². The molecule has 1 fully saturated rings. The van der Waals surface area contributed by atoms with Crippen molar-refractivity contribution in [3.63, 3.8) is 0 Å². The van der Waals surface area contributed by atoms with Crippen molar-refractivity contribution in [2.75, 3.05) is 11.9 Å². The number of benzene rings is 1. The van der Waals surface area contributed by atoms with Gasteiger partial charge in [0.25, 0.3) is 5.92 Å². The molecule has 0 aromatic heterocycles. The van der Waals surface area contributed by atoms with Gasteiger partial charge < -0.3 is 10.1 Å². The number of ether oxygens (including phenoxy) is 1. The number of hydrogen-bond acceptors (Lipinski definition) is 3. The molecule has 10 heteroatoms. The van der Waals surface area contributed by atoms with Crippen molar-refractivity contribution in [1.29, 1.82) is 0 Å². The van der Waals surface area contributed by atoms with Gasteiger partial charge in [-0.3, -0.25) is 9.69 Å². The Morgan fingerprint density at radius 1 is 1.27 bits per heavy atom. The lowest BCUT2D eigenvalue weighted by Crippen LogP contribution is -2.45. The van der Waals surface area contributed by atoms with E-state index in [0.717, 1.165) is 6.07 Å². The molecule has 1 saturated heterocycles. The fraction of sp³-hybridized carbons (Fsp3) is 0.500. The van der Waals surface area contributed by atoms with Crippen molar-refractivity contribution in [2.45, 2.75) is 44.8 Å². The zero-order valence-corrected chi connectivity index (χ0v) is 15.0. The van der Waals surface area contributed by atoms with Gasteiger partial charge in [-0.2, -0.15) is 0 Å². The van der Waals surface area contributed by atoms with Crippen molar-refractivity contribution in [3.8, 4) is 0 Å². The standard InChI is InChI=1S/C16H17ClF4N2O3/c1-15(2,3)26-14(25)23-7-16(20,21)6-12(23)13(24)22-11-4-8(17)9(18)5-10(11)19/h4-5,12H,6-7H2,1-3H3,(H,22,24). The summed E-state index contributed by atoms with van der Waals surface area (Å²) in [6.45, 7) is 3.63. The topological polar surface area (TPSA) is 58.6 Å². The average Bonchev–Trinajstić information content (AvgIpc) is 2.79. The normalized spacial score (nSPS) is 19.4. The van der Waals surface area contributed by atoms with E-state index in [0.29, 0.717) is 11.0 Å². The van der Waals surface area contributed by atoms with E-state index in [1.54, 1.807) is 20.8 Å². The van der Waals surface area contributed by atoms with Gasteiger partial charge in [0, 0.05) is 12.5 Å². The van der Waals surface area contributed by atoms with E-state index in [1.165, 1.54) is 0 Å². The zero-order chi connectivity index (χ0) is 19.9. The van der Waals surface area contributed by atoms with Crippen molar-refractivity contribution in [2.24, 2.45) is 0 Å². The molecule has 0 aliphatic carbocycles. The quantitative estimate of drug-likeness (QED) is 0.602. The summed E-state index contributed by atoms with van der Waals surface area (Å²) in [6.07, 6.45) is -2.04. The van der Waals surface area contributed by atoms with Crippen molar-refractivity contribution in [3.05, 3.63) is 28.8 Å². The lowest BCUT2D eigenvalue weighted by molar-refractivity contribution is -0.120. The summed E-state index contributed by atoms with van der Waals surface area (Å²) in [5, 5.41) is 1.60. The number of anilines is 1. The number of carbonyl (C=O) groups excluding carboxylic acids is 2. The predicted molar refractivity (Wildman–Crippen MR) is 86.3 cm³/mol. The third kappa shape index (κ3) is 4.78. The highest BCUT2D eigenvalue weighted by molar-refractivity contribution is 6.31. The summed E-state index contributed by atoms with van der Waals surface area (Å²) in [4.78, 5) is 25.0. The smallest absolute Gasteiger partial charge is 0.411 e. The van der Waals surface area contributed by atoms with Crippen LogP contribution in [-0.4, -0.2) is 41.0 Å². The van der Waals surface area contributed by atoms with E-state index in [9.17, 15) is 27.2 Å². The minimum absolute atomic E-state index is 0.451. The van der Waals surface area contributed by atoms with Crippen LogP contribution >= 0.6 is 11.6 Å². The van der Waals surface area contributed by atoms with Crippen molar-refractivity contribution in [1.82, 2.24) is 4.90 Å². The maximum absolute atomic E-state index is 13.8. The maximum atomic E-state index is 13.8. The summed E-state index contributed by atoms with van der Waals surface area (Å²) in [6, 6.07) is -0.315. The molecule has 1 aromatic carbocycles. The Bertz CT molecular complexity index is 737. The van der Waals surface area contributed by atoms with E-state index < -0.39 is 64.9 Å². The molecule has 2 amide bonds. The third-order valence-electron chi connectivity index (χ3n) is 3.47. The largest absolute Gasteiger partial charge is 0.444 e. The van der Waals surface area contributed by atoms with Crippen LogP contribution in [-0.2, 0) is 9.53 Å². The number of alkyl halides is 2. The number of nitrogens with zero attached hydrogens (tertiary/aromatic N) is 1. The Kier molecular flexibility index (Phi) is 5.41. The highest BCUT2D eigenvalue weighted by Gasteiger charge is 2.51. The van der Waals surface area contributed by atoms with Gasteiger partial charge in [-0.15, -0.1) is 0 Å². The number of halogens is 5. The fourth-order valence-electron chi connectivity index (χ4n) is 2.40. The second kappa shape index (κ2) is 6.94. The Labute approximate surface area is 152 Å². The van der Waals surface area contributed by atoms with Gasteiger partial charge in [0.1, 0.15) is 23.3 Å². The molecular formula is C16H17ClF4N2O3. The fourth-order valence-corrected chi connectivity index (χ4v) is 2.56. The van der Waals surface area contributed by atoms with Crippen LogP contribution in [0.2, 0.25) is 5.02 Å².